The third-order valence-corrected chi connectivity index (χ3v) is 5.23. The van der Waals surface area contributed by atoms with Crippen molar-refractivity contribution in [3.8, 4) is 11.5 Å². The largest absolute Gasteiger partial charge is 0.504 e. The fourth-order valence-electron chi connectivity index (χ4n) is 3.56. The molecule has 0 saturated carbocycles. The Kier molecular flexibility index (Phi) is 7.70. The highest BCUT2D eigenvalue weighted by molar-refractivity contribution is 5.84. The molecule has 0 bridgehead atoms. The zero-order valence-corrected chi connectivity index (χ0v) is 17.6. The second kappa shape index (κ2) is 10.4. The summed E-state index contributed by atoms with van der Waals surface area (Å²) in [6.45, 7) is 8.58. The highest BCUT2D eigenvalue weighted by Crippen LogP contribution is 2.33. The quantitative estimate of drug-likeness (QED) is 0.376. The molecule has 1 aromatic heterocycles. The Morgan fingerprint density at radius 1 is 1.27 bits per heavy atom. The number of aromatic hydroxyl groups is 1. The summed E-state index contributed by atoms with van der Waals surface area (Å²) in [5.41, 5.74) is 0.918. The molecule has 8 heteroatoms. The van der Waals surface area contributed by atoms with Gasteiger partial charge >= 0.3 is 11.6 Å². The van der Waals surface area contributed by atoms with Gasteiger partial charge in [0.2, 0.25) is 0 Å². The van der Waals surface area contributed by atoms with Crippen LogP contribution in [0.3, 0.4) is 0 Å². The number of ether oxygens (including phenoxy) is 3. The highest BCUT2D eigenvalue weighted by atomic mass is 16.5. The molecule has 0 spiro atoms. The lowest BCUT2D eigenvalue weighted by atomic mass is 10.0. The first-order valence-electron chi connectivity index (χ1n) is 10.4. The third-order valence-electron chi connectivity index (χ3n) is 5.23. The van der Waals surface area contributed by atoms with Crippen LogP contribution in [0.2, 0.25) is 0 Å². The average molecular weight is 419 g/mol. The molecule has 2 aromatic rings. The van der Waals surface area contributed by atoms with Crippen LogP contribution in [0, 0.1) is 6.92 Å². The van der Waals surface area contributed by atoms with E-state index in [0.29, 0.717) is 35.5 Å². The van der Waals surface area contributed by atoms with Crippen molar-refractivity contribution in [2.45, 2.75) is 33.1 Å². The molecule has 8 nitrogen and oxygen atoms in total. The molecule has 3 rings (SSSR count). The number of morpholine rings is 1. The van der Waals surface area contributed by atoms with Crippen LogP contribution in [-0.2, 0) is 20.7 Å². The molecule has 0 radical (unpaired) electrons. The van der Waals surface area contributed by atoms with E-state index >= 15 is 0 Å². The number of benzene rings is 1. The normalized spacial score (nSPS) is 14.7. The standard InChI is InChI=1S/C22H29NO7/c1-3-28-21(25)6-5-16-15(2)17-13-20(18(24)14-19(17)30-22(16)26)29-10-4-7-23-8-11-27-12-9-23/h13-14,24H,3-12H2,1-2H3. The number of hydrogen-bond acceptors (Lipinski definition) is 8. The van der Waals surface area contributed by atoms with Gasteiger partial charge < -0.3 is 23.7 Å². The van der Waals surface area contributed by atoms with Gasteiger partial charge in [-0.15, -0.1) is 0 Å². The third kappa shape index (κ3) is 5.52. The van der Waals surface area contributed by atoms with Crippen molar-refractivity contribution in [1.82, 2.24) is 4.90 Å². The van der Waals surface area contributed by atoms with E-state index in [1.54, 1.807) is 19.9 Å². The lowest BCUT2D eigenvalue weighted by molar-refractivity contribution is -0.143. The van der Waals surface area contributed by atoms with Crippen molar-refractivity contribution >= 4 is 16.9 Å². The Morgan fingerprint density at radius 2 is 2.03 bits per heavy atom. The fraction of sp³-hybridized carbons (Fsp3) is 0.545. The van der Waals surface area contributed by atoms with Crippen molar-refractivity contribution in [2.24, 2.45) is 0 Å². The van der Waals surface area contributed by atoms with Gasteiger partial charge in [0.15, 0.2) is 11.5 Å². The number of hydrogen-bond donors (Lipinski definition) is 1. The summed E-state index contributed by atoms with van der Waals surface area (Å²) in [5.74, 6) is -0.0835. The van der Waals surface area contributed by atoms with E-state index in [4.69, 9.17) is 18.6 Å². The number of carbonyl (C=O) groups is 1. The Morgan fingerprint density at radius 3 is 2.77 bits per heavy atom. The van der Waals surface area contributed by atoms with Crippen LogP contribution < -0.4 is 10.4 Å². The number of nitrogens with zero attached hydrogens (tertiary/aromatic N) is 1. The molecular formula is C22H29NO7. The Bertz CT molecular complexity index is 931. The van der Waals surface area contributed by atoms with Crippen LogP contribution in [0.5, 0.6) is 11.5 Å². The van der Waals surface area contributed by atoms with Gasteiger partial charge in [-0.2, -0.15) is 0 Å². The molecule has 164 valence electrons. The number of phenolic OH excluding ortho intramolecular Hbond substituents is 1. The van der Waals surface area contributed by atoms with Crippen molar-refractivity contribution in [3.63, 3.8) is 0 Å². The van der Waals surface area contributed by atoms with Gasteiger partial charge in [0.1, 0.15) is 5.58 Å². The fourth-order valence-corrected chi connectivity index (χ4v) is 3.56. The molecule has 30 heavy (non-hydrogen) atoms. The van der Waals surface area contributed by atoms with E-state index in [2.05, 4.69) is 4.90 Å². The van der Waals surface area contributed by atoms with Gasteiger partial charge in [-0.1, -0.05) is 0 Å². The van der Waals surface area contributed by atoms with Crippen LogP contribution in [0.4, 0.5) is 0 Å². The summed E-state index contributed by atoms with van der Waals surface area (Å²) < 4.78 is 21.4. The van der Waals surface area contributed by atoms with E-state index in [-0.39, 0.29) is 30.1 Å². The van der Waals surface area contributed by atoms with E-state index in [1.807, 2.05) is 0 Å². The molecule has 0 amide bonds. The minimum atomic E-state index is -0.511. The lowest BCUT2D eigenvalue weighted by Gasteiger charge is -2.26. The molecule has 1 aromatic carbocycles. The van der Waals surface area contributed by atoms with Crippen LogP contribution in [0.15, 0.2) is 21.3 Å². The van der Waals surface area contributed by atoms with E-state index in [1.165, 1.54) is 6.07 Å². The van der Waals surface area contributed by atoms with Gasteiger partial charge in [-0.05, 0) is 38.3 Å². The van der Waals surface area contributed by atoms with Crippen LogP contribution >= 0.6 is 0 Å². The van der Waals surface area contributed by atoms with Gasteiger partial charge in [-0.25, -0.2) is 4.79 Å². The number of aryl methyl sites for hydroxylation is 1. The monoisotopic (exact) mass is 419 g/mol. The number of esters is 1. The smallest absolute Gasteiger partial charge is 0.339 e. The summed E-state index contributed by atoms with van der Waals surface area (Å²) in [6.07, 6.45) is 1.17. The minimum absolute atomic E-state index is 0.0734. The number of carbonyl (C=O) groups excluding carboxylic acids is 1. The topological polar surface area (TPSA) is 98.4 Å². The molecule has 1 N–H and O–H groups in total. The van der Waals surface area contributed by atoms with Gasteiger partial charge in [0, 0.05) is 43.1 Å². The molecule has 0 aliphatic carbocycles. The van der Waals surface area contributed by atoms with E-state index in [9.17, 15) is 14.7 Å². The van der Waals surface area contributed by atoms with E-state index in [0.717, 1.165) is 39.3 Å². The number of fused-ring (bicyclic) bond motifs is 1. The summed E-state index contributed by atoms with van der Waals surface area (Å²) in [5, 5.41) is 10.9. The maximum atomic E-state index is 12.3. The predicted molar refractivity (Wildman–Crippen MR) is 111 cm³/mol. The molecule has 1 aliphatic rings. The molecule has 0 atom stereocenters. The SMILES string of the molecule is CCOC(=O)CCc1c(C)c2cc(OCCCN3CCOCC3)c(O)cc2oc1=O. The Hall–Kier alpha value is -2.58. The zero-order valence-electron chi connectivity index (χ0n) is 17.6. The number of phenols is 1. The summed E-state index contributed by atoms with van der Waals surface area (Å²) in [7, 11) is 0. The second-order valence-corrected chi connectivity index (χ2v) is 7.27. The minimum Gasteiger partial charge on any atom is -0.504 e. The molecule has 0 unspecified atom stereocenters. The molecular weight excluding hydrogens is 390 g/mol. The second-order valence-electron chi connectivity index (χ2n) is 7.27. The average Bonchev–Trinajstić information content (AvgIpc) is 2.72. The Labute approximate surface area is 175 Å². The lowest BCUT2D eigenvalue weighted by Crippen LogP contribution is -2.37. The highest BCUT2D eigenvalue weighted by Gasteiger charge is 2.16. The number of rotatable bonds is 9. The van der Waals surface area contributed by atoms with Crippen LogP contribution in [-0.4, -0.2) is 62.0 Å². The maximum Gasteiger partial charge on any atom is 0.339 e. The van der Waals surface area contributed by atoms with Crippen LogP contribution in [0.1, 0.15) is 30.9 Å². The van der Waals surface area contributed by atoms with E-state index < -0.39 is 5.63 Å². The van der Waals surface area contributed by atoms with Gasteiger partial charge in [0.25, 0.3) is 0 Å². The van der Waals surface area contributed by atoms with Crippen molar-refractivity contribution in [2.75, 3.05) is 46.1 Å². The van der Waals surface area contributed by atoms with Crippen LogP contribution in [0.25, 0.3) is 11.0 Å². The Balaban J connectivity index is 1.70. The molecule has 2 heterocycles. The van der Waals surface area contributed by atoms with Gasteiger partial charge in [-0.3, -0.25) is 9.69 Å². The molecule has 1 saturated heterocycles. The van der Waals surface area contributed by atoms with Crippen molar-refractivity contribution in [3.05, 3.63) is 33.7 Å². The first-order valence-corrected chi connectivity index (χ1v) is 10.4. The first-order chi connectivity index (χ1) is 14.5. The molecule has 1 aliphatic heterocycles. The van der Waals surface area contributed by atoms with Crippen molar-refractivity contribution in [1.29, 1.82) is 0 Å². The first kappa shape index (κ1) is 22.1. The van der Waals surface area contributed by atoms with Gasteiger partial charge in [0.05, 0.1) is 26.4 Å². The summed E-state index contributed by atoms with van der Waals surface area (Å²) >= 11 is 0. The predicted octanol–water partition coefficient (Wildman–Crippen LogP) is 2.40. The molecule has 1 fully saturated rings. The maximum absolute atomic E-state index is 12.3. The van der Waals surface area contributed by atoms with Crippen molar-refractivity contribution < 1.29 is 28.5 Å². The zero-order chi connectivity index (χ0) is 21.5. The summed E-state index contributed by atoms with van der Waals surface area (Å²) in [4.78, 5) is 26.3. The summed E-state index contributed by atoms with van der Waals surface area (Å²) in [6, 6.07) is 3.09.